The van der Waals surface area contributed by atoms with Gasteiger partial charge in [-0.2, -0.15) is 0 Å². The molecule has 3 heteroatoms. The molecule has 0 aliphatic heterocycles. The summed E-state index contributed by atoms with van der Waals surface area (Å²) in [6.45, 7) is 4.30. The average molecular weight is 226 g/mol. The minimum Gasteiger partial charge on any atom is -0.488 e. The molecule has 0 atom stereocenters. The summed E-state index contributed by atoms with van der Waals surface area (Å²) in [6, 6.07) is 4.94. The Kier molecular flexibility index (Phi) is 5.26. The van der Waals surface area contributed by atoms with Crippen molar-refractivity contribution in [2.75, 3.05) is 13.2 Å². The van der Waals surface area contributed by atoms with E-state index in [9.17, 15) is 4.39 Å². The zero-order chi connectivity index (χ0) is 12.0. The van der Waals surface area contributed by atoms with Gasteiger partial charge in [0, 0.05) is 0 Å². The van der Waals surface area contributed by atoms with Crippen LogP contribution >= 0.6 is 0 Å². The molecular weight excluding hydrogens is 207 g/mol. The first-order valence-corrected chi connectivity index (χ1v) is 5.66. The molecule has 0 unspecified atom stereocenters. The topological polar surface area (TPSA) is 29.5 Å². The van der Waals surface area contributed by atoms with Crippen LogP contribution in [0.1, 0.15) is 25.8 Å². The summed E-state index contributed by atoms with van der Waals surface area (Å²) in [5.74, 6) is 0.515. The fraction of sp³-hybridized carbons (Fsp3) is 0.538. The van der Waals surface area contributed by atoms with Crippen molar-refractivity contribution in [1.29, 1.82) is 0 Å². The van der Waals surface area contributed by atoms with Gasteiger partial charge in [-0.15, -0.1) is 0 Å². The number of ether oxygens (including phenoxy) is 1. The van der Waals surface area contributed by atoms with Gasteiger partial charge in [0.05, 0.1) is 6.61 Å². The first-order valence-electron chi connectivity index (χ1n) is 5.66. The van der Waals surface area contributed by atoms with Gasteiger partial charge in [0.2, 0.25) is 0 Å². The molecule has 0 heterocycles. The Morgan fingerprint density at radius 3 is 2.75 bits per heavy atom. The lowest BCUT2D eigenvalue weighted by Crippen LogP contribution is -2.06. The number of benzene rings is 1. The molecule has 1 rings (SSSR count). The molecule has 0 fully saturated rings. The Morgan fingerprint density at radius 2 is 2.12 bits per heavy atom. The van der Waals surface area contributed by atoms with Crippen molar-refractivity contribution in [3.63, 3.8) is 0 Å². The molecule has 0 aliphatic carbocycles. The number of aliphatic hydroxyl groups excluding tert-OH is 1. The van der Waals surface area contributed by atoms with Gasteiger partial charge in [-0.1, -0.05) is 26.0 Å². The average Bonchev–Trinajstić information content (AvgIpc) is 2.25. The Hall–Kier alpha value is -1.09. The zero-order valence-corrected chi connectivity index (χ0v) is 9.87. The van der Waals surface area contributed by atoms with Crippen LogP contribution in [0.25, 0.3) is 0 Å². The standard InChI is InChI=1S/C13H19FO2/c1-10(2)6-7-11-4-3-5-12(14)13(11)16-9-8-15/h3-5,10,15H,6-9H2,1-2H3. The molecule has 16 heavy (non-hydrogen) atoms. The Balaban J connectivity index is 2.76. The quantitative estimate of drug-likeness (QED) is 0.808. The van der Waals surface area contributed by atoms with Gasteiger partial charge < -0.3 is 9.84 Å². The number of hydrogen-bond donors (Lipinski definition) is 1. The second kappa shape index (κ2) is 6.48. The van der Waals surface area contributed by atoms with E-state index in [4.69, 9.17) is 9.84 Å². The van der Waals surface area contributed by atoms with Crippen molar-refractivity contribution in [1.82, 2.24) is 0 Å². The molecule has 0 aliphatic rings. The van der Waals surface area contributed by atoms with Gasteiger partial charge in [-0.05, 0) is 30.4 Å². The Morgan fingerprint density at radius 1 is 1.38 bits per heavy atom. The van der Waals surface area contributed by atoms with Crippen molar-refractivity contribution >= 4 is 0 Å². The predicted octanol–water partition coefficient (Wildman–Crippen LogP) is 2.79. The monoisotopic (exact) mass is 226 g/mol. The van der Waals surface area contributed by atoms with E-state index in [1.54, 1.807) is 6.07 Å². The fourth-order valence-electron chi connectivity index (χ4n) is 1.50. The van der Waals surface area contributed by atoms with E-state index in [2.05, 4.69) is 13.8 Å². The lowest BCUT2D eigenvalue weighted by atomic mass is 10.0. The second-order valence-electron chi connectivity index (χ2n) is 4.23. The molecular formula is C13H19FO2. The molecule has 0 bridgehead atoms. The SMILES string of the molecule is CC(C)CCc1cccc(F)c1OCCO. The first kappa shape index (κ1) is 13.0. The number of rotatable bonds is 6. The summed E-state index contributed by atoms with van der Waals surface area (Å²) < 4.78 is 18.7. The van der Waals surface area contributed by atoms with Crippen LogP contribution in [0.15, 0.2) is 18.2 Å². The van der Waals surface area contributed by atoms with Gasteiger partial charge in [-0.3, -0.25) is 0 Å². The smallest absolute Gasteiger partial charge is 0.165 e. The minimum atomic E-state index is -0.352. The zero-order valence-electron chi connectivity index (χ0n) is 9.87. The molecule has 1 N–H and O–H groups in total. The number of para-hydroxylation sites is 1. The Bertz CT molecular complexity index is 324. The van der Waals surface area contributed by atoms with E-state index in [0.717, 1.165) is 18.4 Å². The van der Waals surface area contributed by atoms with Crippen molar-refractivity contribution in [2.24, 2.45) is 5.92 Å². The number of aliphatic hydroxyl groups is 1. The van der Waals surface area contributed by atoms with E-state index in [0.29, 0.717) is 5.92 Å². The van der Waals surface area contributed by atoms with E-state index in [1.165, 1.54) is 6.07 Å². The lowest BCUT2D eigenvalue weighted by molar-refractivity contribution is 0.195. The molecule has 0 aromatic heterocycles. The summed E-state index contributed by atoms with van der Waals surface area (Å²) in [4.78, 5) is 0. The largest absolute Gasteiger partial charge is 0.488 e. The van der Waals surface area contributed by atoms with Crippen LogP contribution < -0.4 is 4.74 Å². The fourth-order valence-corrected chi connectivity index (χ4v) is 1.50. The van der Waals surface area contributed by atoms with Crippen LogP contribution in [-0.2, 0) is 6.42 Å². The highest BCUT2D eigenvalue weighted by atomic mass is 19.1. The molecule has 0 saturated heterocycles. The third-order valence-electron chi connectivity index (χ3n) is 2.38. The normalized spacial score (nSPS) is 10.8. The van der Waals surface area contributed by atoms with Crippen LogP contribution in [0.5, 0.6) is 5.75 Å². The highest BCUT2D eigenvalue weighted by Gasteiger charge is 2.09. The van der Waals surface area contributed by atoms with Crippen molar-refractivity contribution < 1.29 is 14.2 Å². The molecule has 1 aromatic carbocycles. The van der Waals surface area contributed by atoms with Gasteiger partial charge in [0.15, 0.2) is 11.6 Å². The number of aryl methyl sites for hydroxylation is 1. The van der Waals surface area contributed by atoms with Crippen molar-refractivity contribution in [3.05, 3.63) is 29.6 Å². The number of hydrogen-bond acceptors (Lipinski definition) is 2. The molecule has 1 aromatic rings. The maximum absolute atomic E-state index is 13.5. The van der Waals surface area contributed by atoms with Gasteiger partial charge in [0.1, 0.15) is 6.61 Å². The summed E-state index contributed by atoms with van der Waals surface area (Å²) in [7, 11) is 0. The summed E-state index contributed by atoms with van der Waals surface area (Å²) in [6.07, 6.45) is 1.80. The van der Waals surface area contributed by atoms with Crippen LogP contribution in [0, 0.1) is 11.7 Å². The van der Waals surface area contributed by atoms with Crippen LogP contribution in [0.2, 0.25) is 0 Å². The molecule has 0 spiro atoms. The third kappa shape index (κ3) is 3.81. The summed E-state index contributed by atoms with van der Waals surface area (Å²) in [5.41, 5.74) is 0.877. The molecule has 0 amide bonds. The predicted molar refractivity (Wildman–Crippen MR) is 62.1 cm³/mol. The van der Waals surface area contributed by atoms with Gasteiger partial charge in [-0.25, -0.2) is 4.39 Å². The van der Waals surface area contributed by atoms with E-state index in [1.807, 2.05) is 6.07 Å². The Labute approximate surface area is 96.1 Å². The van der Waals surface area contributed by atoms with Crippen molar-refractivity contribution in [2.45, 2.75) is 26.7 Å². The maximum Gasteiger partial charge on any atom is 0.165 e. The molecule has 0 radical (unpaired) electrons. The summed E-state index contributed by atoms with van der Waals surface area (Å²) >= 11 is 0. The third-order valence-corrected chi connectivity index (χ3v) is 2.38. The maximum atomic E-state index is 13.5. The van der Waals surface area contributed by atoms with E-state index >= 15 is 0 Å². The second-order valence-corrected chi connectivity index (χ2v) is 4.23. The van der Waals surface area contributed by atoms with Crippen LogP contribution in [-0.4, -0.2) is 18.3 Å². The van der Waals surface area contributed by atoms with E-state index in [-0.39, 0.29) is 24.8 Å². The van der Waals surface area contributed by atoms with Gasteiger partial charge in [0.25, 0.3) is 0 Å². The lowest BCUT2D eigenvalue weighted by Gasteiger charge is -2.12. The van der Waals surface area contributed by atoms with Crippen LogP contribution in [0.4, 0.5) is 4.39 Å². The van der Waals surface area contributed by atoms with Gasteiger partial charge >= 0.3 is 0 Å². The highest BCUT2D eigenvalue weighted by molar-refractivity contribution is 5.35. The molecule has 0 saturated carbocycles. The van der Waals surface area contributed by atoms with Crippen molar-refractivity contribution in [3.8, 4) is 5.75 Å². The first-order chi connectivity index (χ1) is 7.65. The highest BCUT2D eigenvalue weighted by Crippen LogP contribution is 2.24. The number of halogens is 1. The van der Waals surface area contributed by atoms with Crippen LogP contribution in [0.3, 0.4) is 0 Å². The van der Waals surface area contributed by atoms with E-state index < -0.39 is 0 Å². The summed E-state index contributed by atoms with van der Waals surface area (Å²) in [5, 5.41) is 8.68. The molecule has 2 nitrogen and oxygen atoms in total. The molecule has 90 valence electrons. The minimum absolute atomic E-state index is 0.0993.